The average molecular weight is 507 g/mol. The number of hydrazine groups is 1. The normalized spacial score (nSPS) is 12.9. The summed E-state index contributed by atoms with van der Waals surface area (Å²) in [5, 5.41) is 2.11. The number of carbonyl (C=O) groups is 2. The zero-order valence-corrected chi connectivity index (χ0v) is 20.2. The number of fused-ring (bicyclic) bond motifs is 1. The largest absolute Gasteiger partial charge is 0.348 e. The predicted octanol–water partition coefficient (Wildman–Crippen LogP) is 4.58. The molecule has 1 aliphatic heterocycles. The van der Waals surface area contributed by atoms with E-state index in [0.29, 0.717) is 30.9 Å². The molecule has 0 radical (unpaired) electrons. The lowest BCUT2D eigenvalue weighted by atomic mass is 10.1. The second-order valence-electron chi connectivity index (χ2n) is 8.03. The lowest BCUT2D eigenvalue weighted by molar-refractivity contribution is 0.0793. The van der Waals surface area contributed by atoms with E-state index in [4.69, 9.17) is 0 Å². The summed E-state index contributed by atoms with van der Waals surface area (Å²) >= 11 is 3.41. The van der Waals surface area contributed by atoms with E-state index in [1.54, 1.807) is 4.90 Å². The number of benzene rings is 3. The lowest BCUT2D eigenvalue weighted by Gasteiger charge is -2.39. The maximum Gasteiger partial charge on any atom is 0.253 e. The molecule has 3 aromatic carbocycles. The van der Waals surface area contributed by atoms with Crippen molar-refractivity contribution in [2.75, 3.05) is 43.3 Å². The molecule has 7 heteroatoms. The predicted molar refractivity (Wildman–Crippen MR) is 136 cm³/mol. The van der Waals surface area contributed by atoms with Gasteiger partial charge in [0.25, 0.3) is 5.91 Å². The van der Waals surface area contributed by atoms with Gasteiger partial charge in [-0.15, -0.1) is 0 Å². The highest BCUT2D eigenvalue weighted by atomic mass is 79.9. The monoisotopic (exact) mass is 506 g/mol. The molecule has 0 saturated heterocycles. The van der Waals surface area contributed by atoms with Gasteiger partial charge in [0, 0.05) is 35.7 Å². The van der Waals surface area contributed by atoms with E-state index in [1.165, 1.54) is 0 Å². The molecule has 33 heavy (non-hydrogen) atoms. The van der Waals surface area contributed by atoms with Crippen molar-refractivity contribution in [3.8, 4) is 0 Å². The number of amides is 1. The van der Waals surface area contributed by atoms with E-state index in [0.717, 1.165) is 28.8 Å². The standard InChI is InChI=1S/C26H27BrN4O2/c1-29(26(33)21-8-3-2-4-9-21)16-7-17-31-24-11-6-5-10-23(24)30(19-28-31)18-25(32)20-12-14-22(27)15-13-20/h2-6,8-15,28H,7,16-19H2,1H3. The summed E-state index contributed by atoms with van der Waals surface area (Å²) in [6.07, 6.45) is 0.814. The van der Waals surface area contributed by atoms with E-state index in [9.17, 15) is 9.59 Å². The number of Topliss-reactive ketones (excluding diaryl/α,β-unsaturated/α-hetero) is 1. The molecule has 170 valence electrons. The molecule has 0 fully saturated rings. The quantitative estimate of drug-likeness (QED) is 0.453. The highest BCUT2D eigenvalue weighted by Gasteiger charge is 2.24. The number of nitrogens with zero attached hydrogens (tertiary/aromatic N) is 3. The van der Waals surface area contributed by atoms with Gasteiger partial charge in [0.2, 0.25) is 0 Å². The highest BCUT2D eigenvalue weighted by molar-refractivity contribution is 9.10. The first-order valence-corrected chi connectivity index (χ1v) is 11.8. The lowest BCUT2D eigenvalue weighted by Crippen LogP contribution is -2.52. The van der Waals surface area contributed by atoms with E-state index >= 15 is 0 Å². The summed E-state index contributed by atoms with van der Waals surface area (Å²) in [6, 6.07) is 24.9. The second kappa shape index (κ2) is 10.6. The van der Waals surface area contributed by atoms with Crippen LogP contribution in [0, 0.1) is 0 Å². The van der Waals surface area contributed by atoms with Crippen LogP contribution in [-0.4, -0.2) is 49.9 Å². The Kier molecular flexibility index (Phi) is 7.42. The number of ketones is 1. The molecule has 6 nitrogen and oxygen atoms in total. The summed E-state index contributed by atoms with van der Waals surface area (Å²) in [4.78, 5) is 29.2. The molecule has 0 bridgehead atoms. The fourth-order valence-electron chi connectivity index (χ4n) is 3.91. The van der Waals surface area contributed by atoms with Gasteiger partial charge in [-0.05, 0) is 42.8 Å². The molecular weight excluding hydrogens is 480 g/mol. The Labute approximate surface area is 202 Å². The summed E-state index contributed by atoms with van der Waals surface area (Å²) < 4.78 is 0.954. The van der Waals surface area contributed by atoms with Gasteiger partial charge in [-0.25, -0.2) is 5.43 Å². The van der Waals surface area contributed by atoms with Gasteiger partial charge in [0.05, 0.1) is 24.6 Å². The molecule has 1 aliphatic rings. The number of hydrogen-bond donors (Lipinski definition) is 1. The smallest absolute Gasteiger partial charge is 0.253 e. The first kappa shape index (κ1) is 23.0. The minimum atomic E-state index is 0.0280. The second-order valence-corrected chi connectivity index (χ2v) is 8.95. The van der Waals surface area contributed by atoms with Gasteiger partial charge < -0.3 is 14.8 Å². The molecule has 0 aliphatic carbocycles. The van der Waals surface area contributed by atoms with Crippen LogP contribution in [0.5, 0.6) is 0 Å². The first-order valence-electron chi connectivity index (χ1n) is 11.0. The molecule has 0 aromatic heterocycles. The third-order valence-corrected chi connectivity index (χ3v) is 6.24. The molecule has 1 heterocycles. The van der Waals surface area contributed by atoms with Crippen LogP contribution in [-0.2, 0) is 0 Å². The van der Waals surface area contributed by atoms with Gasteiger partial charge in [-0.3, -0.25) is 9.59 Å². The molecule has 0 spiro atoms. The van der Waals surface area contributed by atoms with Crippen molar-refractivity contribution in [1.82, 2.24) is 10.3 Å². The van der Waals surface area contributed by atoms with E-state index in [-0.39, 0.29) is 11.7 Å². The first-order chi connectivity index (χ1) is 16.0. The Hall–Kier alpha value is -3.16. The Morgan fingerprint density at radius 1 is 0.909 bits per heavy atom. The van der Waals surface area contributed by atoms with Crippen LogP contribution in [0.15, 0.2) is 83.3 Å². The van der Waals surface area contributed by atoms with Crippen molar-refractivity contribution in [3.05, 3.63) is 94.5 Å². The fraction of sp³-hybridized carbons (Fsp3) is 0.231. The molecule has 1 N–H and O–H groups in total. The Balaban J connectivity index is 1.36. The minimum Gasteiger partial charge on any atom is -0.348 e. The zero-order valence-electron chi connectivity index (χ0n) is 18.6. The third-order valence-electron chi connectivity index (χ3n) is 5.71. The summed E-state index contributed by atoms with van der Waals surface area (Å²) in [5.41, 5.74) is 6.88. The van der Waals surface area contributed by atoms with Crippen molar-refractivity contribution < 1.29 is 9.59 Å². The van der Waals surface area contributed by atoms with Crippen LogP contribution >= 0.6 is 15.9 Å². The highest BCUT2D eigenvalue weighted by Crippen LogP contribution is 2.31. The maximum absolute atomic E-state index is 12.8. The molecule has 4 rings (SSSR count). The van der Waals surface area contributed by atoms with Gasteiger partial charge in [-0.2, -0.15) is 0 Å². The van der Waals surface area contributed by atoms with Crippen molar-refractivity contribution >= 4 is 39.0 Å². The molecule has 0 unspecified atom stereocenters. The van der Waals surface area contributed by atoms with Crippen LogP contribution in [0.25, 0.3) is 0 Å². The Bertz CT molecular complexity index is 1100. The molecule has 0 atom stereocenters. The molecular formula is C26H27BrN4O2. The zero-order chi connectivity index (χ0) is 23.2. The number of halogens is 1. The van der Waals surface area contributed by atoms with E-state index in [1.807, 2.05) is 79.8 Å². The van der Waals surface area contributed by atoms with Crippen LogP contribution in [0.4, 0.5) is 11.4 Å². The van der Waals surface area contributed by atoms with Crippen LogP contribution < -0.4 is 15.3 Å². The van der Waals surface area contributed by atoms with Crippen molar-refractivity contribution in [2.24, 2.45) is 0 Å². The van der Waals surface area contributed by atoms with Gasteiger partial charge >= 0.3 is 0 Å². The number of para-hydroxylation sites is 2. The van der Waals surface area contributed by atoms with Crippen molar-refractivity contribution in [3.63, 3.8) is 0 Å². The summed E-state index contributed by atoms with van der Waals surface area (Å²) in [7, 11) is 1.84. The SMILES string of the molecule is CN(CCCN1NCN(CC(=O)c2ccc(Br)cc2)c2ccccc21)C(=O)c1ccccc1. The average Bonchev–Trinajstić information content (AvgIpc) is 2.85. The van der Waals surface area contributed by atoms with E-state index in [2.05, 4.69) is 37.3 Å². The minimum absolute atomic E-state index is 0.0280. The van der Waals surface area contributed by atoms with Crippen molar-refractivity contribution in [2.45, 2.75) is 6.42 Å². The van der Waals surface area contributed by atoms with Gasteiger partial charge in [-0.1, -0.05) is 58.4 Å². The topological polar surface area (TPSA) is 55.9 Å². The summed E-state index contributed by atoms with van der Waals surface area (Å²) in [5.74, 6) is 0.105. The molecule has 1 amide bonds. The fourth-order valence-corrected chi connectivity index (χ4v) is 4.17. The summed E-state index contributed by atoms with van der Waals surface area (Å²) in [6.45, 7) is 2.24. The third kappa shape index (κ3) is 5.61. The number of nitrogens with one attached hydrogen (secondary N) is 1. The van der Waals surface area contributed by atoms with Crippen LogP contribution in [0.3, 0.4) is 0 Å². The van der Waals surface area contributed by atoms with E-state index < -0.39 is 0 Å². The van der Waals surface area contributed by atoms with Crippen molar-refractivity contribution in [1.29, 1.82) is 0 Å². The molecule has 3 aromatic rings. The van der Waals surface area contributed by atoms with Gasteiger partial charge in [0.1, 0.15) is 0 Å². The number of anilines is 2. The molecule has 0 saturated carbocycles. The number of hydrogen-bond acceptors (Lipinski definition) is 5. The Morgan fingerprint density at radius 2 is 1.58 bits per heavy atom. The Morgan fingerprint density at radius 3 is 2.30 bits per heavy atom. The van der Waals surface area contributed by atoms with Crippen LogP contribution in [0.1, 0.15) is 27.1 Å². The number of rotatable bonds is 8. The van der Waals surface area contributed by atoms with Crippen LogP contribution in [0.2, 0.25) is 0 Å². The number of carbonyl (C=O) groups excluding carboxylic acids is 2. The maximum atomic E-state index is 12.8. The van der Waals surface area contributed by atoms with Gasteiger partial charge in [0.15, 0.2) is 5.78 Å².